The first-order chi connectivity index (χ1) is 8.90. The fraction of sp³-hybridized carbons (Fsp3) is 0.500. The normalized spacial score (nSPS) is 14.6. The Hall–Kier alpha value is -1.71. The maximum absolute atomic E-state index is 5.61. The minimum atomic E-state index is 0.707. The molecule has 0 bridgehead atoms. The van der Waals surface area contributed by atoms with Crippen molar-refractivity contribution < 1.29 is 4.74 Å². The van der Waals surface area contributed by atoms with Gasteiger partial charge in [-0.1, -0.05) is 18.2 Å². The zero-order valence-electron chi connectivity index (χ0n) is 10.9. The topological polar surface area (TPSA) is 45.6 Å². The Kier molecular flexibility index (Phi) is 4.88. The van der Waals surface area contributed by atoms with E-state index in [1.807, 2.05) is 25.1 Å². The molecule has 0 saturated heterocycles. The number of hydrogen-bond donors (Lipinski definition) is 2. The molecule has 98 valence electrons. The Labute approximate surface area is 108 Å². The lowest BCUT2D eigenvalue weighted by Crippen LogP contribution is -2.41. The summed E-state index contributed by atoms with van der Waals surface area (Å²) in [6.07, 6.45) is 2.06. The highest BCUT2D eigenvalue weighted by Gasteiger charge is 2.05. The third-order valence-electron chi connectivity index (χ3n) is 2.86. The van der Waals surface area contributed by atoms with Crippen LogP contribution in [-0.2, 0) is 6.42 Å². The van der Waals surface area contributed by atoms with E-state index in [1.165, 1.54) is 5.56 Å². The number of hydrogen-bond acceptors (Lipinski definition) is 4. The molecule has 18 heavy (non-hydrogen) atoms. The fourth-order valence-corrected chi connectivity index (χ4v) is 1.97. The van der Waals surface area contributed by atoms with E-state index in [1.54, 1.807) is 0 Å². The summed E-state index contributed by atoms with van der Waals surface area (Å²) in [7, 11) is 0. The summed E-state index contributed by atoms with van der Waals surface area (Å²) in [4.78, 5) is 4.38. The molecular formula is C14H21N3O. The quantitative estimate of drug-likeness (QED) is 0.830. The standard InChI is InChI=1S/C14H21N3O/c1-2-18-13-7-4-3-6-12(13)8-11-17-14-15-9-5-10-16-14/h3-4,6-7H,2,5,8-11H2,1H3,(H2,15,16,17). The van der Waals surface area contributed by atoms with Gasteiger partial charge in [-0.3, -0.25) is 4.99 Å². The molecule has 0 aromatic heterocycles. The number of guanidine groups is 1. The van der Waals surface area contributed by atoms with Gasteiger partial charge in [0.1, 0.15) is 5.75 Å². The second kappa shape index (κ2) is 6.89. The van der Waals surface area contributed by atoms with Crippen molar-refractivity contribution in [3.8, 4) is 5.75 Å². The molecule has 1 aliphatic rings. The molecule has 0 saturated carbocycles. The van der Waals surface area contributed by atoms with E-state index in [-0.39, 0.29) is 0 Å². The lowest BCUT2D eigenvalue weighted by Gasteiger charge is -2.16. The molecule has 0 fully saturated rings. The van der Waals surface area contributed by atoms with Crippen molar-refractivity contribution in [1.82, 2.24) is 10.6 Å². The molecule has 4 nitrogen and oxygen atoms in total. The highest BCUT2D eigenvalue weighted by molar-refractivity contribution is 5.80. The third-order valence-corrected chi connectivity index (χ3v) is 2.86. The molecule has 1 heterocycles. The van der Waals surface area contributed by atoms with Gasteiger partial charge in [-0.15, -0.1) is 0 Å². The van der Waals surface area contributed by atoms with Gasteiger partial charge in [-0.25, -0.2) is 0 Å². The highest BCUT2D eigenvalue weighted by atomic mass is 16.5. The zero-order chi connectivity index (χ0) is 12.6. The van der Waals surface area contributed by atoms with Crippen LogP contribution in [-0.4, -0.2) is 32.2 Å². The van der Waals surface area contributed by atoms with Crippen LogP contribution in [0.15, 0.2) is 29.3 Å². The van der Waals surface area contributed by atoms with E-state index in [9.17, 15) is 0 Å². The van der Waals surface area contributed by atoms with Crippen LogP contribution in [0.1, 0.15) is 18.9 Å². The van der Waals surface area contributed by atoms with Crippen LogP contribution in [0.3, 0.4) is 0 Å². The molecule has 1 aromatic carbocycles. The average Bonchev–Trinajstić information content (AvgIpc) is 2.42. The van der Waals surface area contributed by atoms with Crippen LogP contribution in [0.4, 0.5) is 0 Å². The first-order valence-electron chi connectivity index (χ1n) is 6.63. The van der Waals surface area contributed by atoms with Gasteiger partial charge in [-0.05, 0) is 31.4 Å². The van der Waals surface area contributed by atoms with Gasteiger partial charge in [0.25, 0.3) is 0 Å². The third kappa shape index (κ3) is 3.65. The first kappa shape index (κ1) is 12.7. The minimum Gasteiger partial charge on any atom is -0.494 e. The summed E-state index contributed by atoms with van der Waals surface area (Å²) in [5.41, 5.74) is 1.24. The van der Waals surface area contributed by atoms with E-state index < -0.39 is 0 Å². The Morgan fingerprint density at radius 1 is 1.39 bits per heavy atom. The Morgan fingerprint density at radius 3 is 3.06 bits per heavy atom. The molecule has 0 radical (unpaired) electrons. The monoisotopic (exact) mass is 247 g/mol. The fourth-order valence-electron chi connectivity index (χ4n) is 1.97. The zero-order valence-corrected chi connectivity index (χ0v) is 10.9. The van der Waals surface area contributed by atoms with Gasteiger partial charge < -0.3 is 15.4 Å². The molecule has 2 rings (SSSR count). The van der Waals surface area contributed by atoms with Crippen molar-refractivity contribution in [2.24, 2.45) is 4.99 Å². The summed E-state index contributed by atoms with van der Waals surface area (Å²) in [6, 6.07) is 8.20. The SMILES string of the molecule is CCOc1ccccc1CCNC1=NCCCN1. The second-order valence-electron chi connectivity index (χ2n) is 4.23. The second-order valence-corrected chi connectivity index (χ2v) is 4.23. The van der Waals surface area contributed by atoms with E-state index in [0.717, 1.165) is 44.2 Å². The first-order valence-corrected chi connectivity index (χ1v) is 6.63. The van der Waals surface area contributed by atoms with Gasteiger partial charge in [-0.2, -0.15) is 0 Å². The molecular weight excluding hydrogens is 226 g/mol. The minimum absolute atomic E-state index is 0.707. The van der Waals surface area contributed by atoms with Crippen molar-refractivity contribution in [1.29, 1.82) is 0 Å². The number of nitrogens with zero attached hydrogens (tertiary/aromatic N) is 1. The predicted molar refractivity (Wildman–Crippen MR) is 74.2 cm³/mol. The number of benzene rings is 1. The molecule has 0 spiro atoms. The van der Waals surface area contributed by atoms with Crippen molar-refractivity contribution in [3.63, 3.8) is 0 Å². The van der Waals surface area contributed by atoms with Gasteiger partial charge in [0, 0.05) is 19.6 Å². The predicted octanol–water partition coefficient (Wildman–Crippen LogP) is 1.57. The van der Waals surface area contributed by atoms with Crippen LogP contribution in [0.25, 0.3) is 0 Å². The summed E-state index contributed by atoms with van der Waals surface area (Å²) in [5.74, 6) is 1.91. The Bertz CT molecular complexity index is 404. The molecule has 2 N–H and O–H groups in total. The van der Waals surface area contributed by atoms with Crippen molar-refractivity contribution in [2.45, 2.75) is 19.8 Å². The maximum atomic E-state index is 5.61. The van der Waals surface area contributed by atoms with Crippen LogP contribution in [0, 0.1) is 0 Å². The molecule has 0 aliphatic carbocycles. The largest absolute Gasteiger partial charge is 0.494 e. The van der Waals surface area contributed by atoms with Gasteiger partial charge in [0.05, 0.1) is 6.61 Å². The van der Waals surface area contributed by atoms with Gasteiger partial charge >= 0.3 is 0 Å². The van der Waals surface area contributed by atoms with Crippen LogP contribution in [0.2, 0.25) is 0 Å². The van der Waals surface area contributed by atoms with Gasteiger partial charge in [0.15, 0.2) is 5.96 Å². The summed E-state index contributed by atoms with van der Waals surface area (Å²) >= 11 is 0. The van der Waals surface area contributed by atoms with E-state index in [0.29, 0.717) is 6.61 Å². The van der Waals surface area contributed by atoms with E-state index >= 15 is 0 Å². The highest BCUT2D eigenvalue weighted by Crippen LogP contribution is 2.17. The molecule has 0 unspecified atom stereocenters. The smallest absolute Gasteiger partial charge is 0.191 e. The lowest BCUT2D eigenvalue weighted by molar-refractivity contribution is 0.336. The van der Waals surface area contributed by atoms with E-state index in [4.69, 9.17) is 4.74 Å². The number of aliphatic imine (C=N–C) groups is 1. The molecule has 4 heteroatoms. The number of ether oxygens (including phenoxy) is 1. The maximum Gasteiger partial charge on any atom is 0.191 e. The van der Waals surface area contributed by atoms with Crippen molar-refractivity contribution in [2.75, 3.05) is 26.2 Å². The van der Waals surface area contributed by atoms with Crippen LogP contribution in [0.5, 0.6) is 5.75 Å². The molecule has 0 amide bonds. The Morgan fingerprint density at radius 2 is 2.28 bits per heavy atom. The van der Waals surface area contributed by atoms with Gasteiger partial charge in [0.2, 0.25) is 0 Å². The Balaban J connectivity index is 1.84. The van der Waals surface area contributed by atoms with Crippen LogP contribution < -0.4 is 15.4 Å². The summed E-state index contributed by atoms with van der Waals surface area (Å²) in [6.45, 7) is 5.52. The average molecular weight is 247 g/mol. The van der Waals surface area contributed by atoms with Crippen LogP contribution >= 0.6 is 0 Å². The number of nitrogens with one attached hydrogen (secondary N) is 2. The number of para-hydroxylation sites is 1. The number of rotatable bonds is 5. The van der Waals surface area contributed by atoms with Crippen molar-refractivity contribution in [3.05, 3.63) is 29.8 Å². The van der Waals surface area contributed by atoms with Crippen molar-refractivity contribution >= 4 is 5.96 Å². The molecule has 1 aromatic rings. The molecule has 1 aliphatic heterocycles. The van der Waals surface area contributed by atoms with E-state index in [2.05, 4.69) is 21.7 Å². The molecule has 0 atom stereocenters. The summed E-state index contributed by atoms with van der Waals surface area (Å²) < 4.78 is 5.61. The summed E-state index contributed by atoms with van der Waals surface area (Å²) in [5, 5.41) is 6.58. The lowest BCUT2D eigenvalue weighted by atomic mass is 10.1.